The van der Waals surface area contributed by atoms with Gasteiger partial charge in [-0.05, 0) is 37.6 Å². The molecule has 1 aliphatic rings. The predicted molar refractivity (Wildman–Crippen MR) is 84.3 cm³/mol. The third-order valence-electron chi connectivity index (χ3n) is 4.48. The zero-order chi connectivity index (χ0) is 16.0. The van der Waals surface area contributed by atoms with Crippen molar-refractivity contribution in [3.8, 4) is 0 Å². The van der Waals surface area contributed by atoms with E-state index in [1.807, 2.05) is 13.1 Å². The van der Waals surface area contributed by atoms with Gasteiger partial charge < -0.3 is 15.0 Å². The second kappa shape index (κ2) is 7.70. The summed E-state index contributed by atoms with van der Waals surface area (Å²) >= 11 is 0. The number of benzene rings is 1. The van der Waals surface area contributed by atoms with Gasteiger partial charge in [0.15, 0.2) is 0 Å². The van der Waals surface area contributed by atoms with Gasteiger partial charge in [-0.15, -0.1) is 0 Å². The second-order valence-corrected chi connectivity index (χ2v) is 6.00. The normalized spacial score (nSPS) is 16.4. The number of likely N-dealkylation sites (N-methyl/N-ethyl adjacent to an activating group) is 1. The van der Waals surface area contributed by atoms with E-state index in [4.69, 9.17) is 4.74 Å². The number of amides is 1. The molecule has 0 atom stereocenters. The molecule has 0 unspecified atom stereocenters. The van der Waals surface area contributed by atoms with Crippen LogP contribution in [0.5, 0.6) is 0 Å². The van der Waals surface area contributed by atoms with E-state index in [0.29, 0.717) is 13.2 Å². The Kier molecular flexibility index (Phi) is 5.91. The highest BCUT2D eigenvalue weighted by atomic mass is 19.1. The molecule has 22 heavy (non-hydrogen) atoms. The average Bonchev–Trinajstić information content (AvgIpc) is 2.44. The van der Waals surface area contributed by atoms with E-state index in [2.05, 4.69) is 10.2 Å². The Morgan fingerprint density at radius 1 is 1.41 bits per heavy atom. The summed E-state index contributed by atoms with van der Waals surface area (Å²) in [5.74, 6) is -0.264. The third-order valence-corrected chi connectivity index (χ3v) is 4.48. The molecular weight excluding hydrogens is 283 g/mol. The lowest BCUT2D eigenvalue weighted by atomic mass is 9.64. The minimum absolute atomic E-state index is 0.0180. The van der Waals surface area contributed by atoms with Crippen molar-refractivity contribution < 1.29 is 13.9 Å². The molecule has 0 aliphatic heterocycles. The standard InChI is InChI=1S/C17H25FN2O2/c1-20(11-12-22-2)10-9-19-16(21)17(7-4-8-17)14-5-3-6-15(18)13-14/h3,5-6,13H,4,7-12H2,1-2H3,(H,19,21). The van der Waals surface area contributed by atoms with Crippen molar-refractivity contribution in [2.24, 2.45) is 0 Å². The highest BCUT2D eigenvalue weighted by Crippen LogP contribution is 2.44. The van der Waals surface area contributed by atoms with Gasteiger partial charge in [-0.1, -0.05) is 18.6 Å². The molecule has 1 N–H and O–H groups in total. The van der Waals surface area contributed by atoms with Gasteiger partial charge in [0.25, 0.3) is 0 Å². The molecule has 1 amide bonds. The van der Waals surface area contributed by atoms with Gasteiger partial charge >= 0.3 is 0 Å². The van der Waals surface area contributed by atoms with Crippen LogP contribution >= 0.6 is 0 Å². The molecule has 0 radical (unpaired) electrons. The fourth-order valence-corrected chi connectivity index (χ4v) is 2.85. The van der Waals surface area contributed by atoms with Crippen LogP contribution in [0.15, 0.2) is 24.3 Å². The Bertz CT molecular complexity index is 503. The van der Waals surface area contributed by atoms with Crippen LogP contribution in [0.1, 0.15) is 24.8 Å². The summed E-state index contributed by atoms with van der Waals surface area (Å²) in [6.07, 6.45) is 2.60. The van der Waals surface area contributed by atoms with Crippen LogP contribution in [0.25, 0.3) is 0 Å². The van der Waals surface area contributed by atoms with E-state index in [-0.39, 0.29) is 11.7 Å². The Morgan fingerprint density at radius 2 is 2.18 bits per heavy atom. The highest BCUT2D eigenvalue weighted by molar-refractivity contribution is 5.89. The van der Waals surface area contributed by atoms with Gasteiger partial charge in [0.1, 0.15) is 5.82 Å². The Labute approximate surface area is 131 Å². The van der Waals surface area contributed by atoms with Gasteiger partial charge in [-0.2, -0.15) is 0 Å². The number of methoxy groups -OCH3 is 1. The maximum absolute atomic E-state index is 13.4. The summed E-state index contributed by atoms with van der Waals surface area (Å²) < 4.78 is 18.5. The molecule has 0 aromatic heterocycles. The maximum Gasteiger partial charge on any atom is 0.230 e. The topological polar surface area (TPSA) is 41.6 Å². The number of rotatable bonds is 8. The maximum atomic E-state index is 13.4. The lowest BCUT2D eigenvalue weighted by Gasteiger charge is -2.40. The quantitative estimate of drug-likeness (QED) is 0.798. The number of nitrogens with one attached hydrogen (secondary N) is 1. The largest absolute Gasteiger partial charge is 0.383 e. The van der Waals surface area contributed by atoms with Crippen LogP contribution in [0.4, 0.5) is 4.39 Å². The van der Waals surface area contributed by atoms with Gasteiger partial charge in [-0.25, -0.2) is 4.39 Å². The zero-order valence-electron chi connectivity index (χ0n) is 13.4. The third kappa shape index (κ3) is 3.84. The smallest absolute Gasteiger partial charge is 0.230 e. The van der Waals surface area contributed by atoms with Crippen molar-refractivity contribution in [1.82, 2.24) is 10.2 Å². The van der Waals surface area contributed by atoms with Crippen molar-refractivity contribution in [2.75, 3.05) is 40.4 Å². The fraction of sp³-hybridized carbons (Fsp3) is 0.588. The summed E-state index contributed by atoms with van der Waals surface area (Å²) in [6, 6.07) is 6.44. The second-order valence-electron chi connectivity index (χ2n) is 6.00. The summed E-state index contributed by atoms with van der Waals surface area (Å²) in [4.78, 5) is 14.7. The number of carbonyl (C=O) groups is 1. The summed E-state index contributed by atoms with van der Waals surface area (Å²) in [6.45, 7) is 2.88. The first-order valence-electron chi connectivity index (χ1n) is 7.80. The number of hydrogen-bond acceptors (Lipinski definition) is 3. The van der Waals surface area contributed by atoms with Crippen molar-refractivity contribution in [3.63, 3.8) is 0 Å². The Hall–Kier alpha value is -1.46. The lowest BCUT2D eigenvalue weighted by molar-refractivity contribution is -0.130. The van der Waals surface area contributed by atoms with E-state index in [0.717, 1.165) is 37.9 Å². The molecule has 4 nitrogen and oxygen atoms in total. The molecule has 1 fully saturated rings. The SMILES string of the molecule is COCCN(C)CCNC(=O)C1(c2cccc(F)c2)CCC1. The minimum Gasteiger partial charge on any atom is -0.383 e. The van der Waals surface area contributed by atoms with E-state index in [1.54, 1.807) is 13.2 Å². The molecule has 5 heteroatoms. The number of halogens is 1. The zero-order valence-corrected chi connectivity index (χ0v) is 13.4. The molecule has 1 aromatic carbocycles. The molecule has 2 rings (SSSR count). The van der Waals surface area contributed by atoms with Crippen molar-refractivity contribution in [3.05, 3.63) is 35.6 Å². The Balaban J connectivity index is 1.90. The van der Waals surface area contributed by atoms with Crippen LogP contribution in [0.3, 0.4) is 0 Å². The van der Waals surface area contributed by atoms with E-state index < -0.39 is 5.41 Å². The molecular formula is C17H25FN2O2. The number of hydrogen-bond donors (Lipinski definition) is 1. The van der Waals surface area contributed by atoms with Crippen LogP contribution < -0.4 is 5.32 Å². The van der Waals surface area contributed by atoms with Gasteiger partial charge in [0, 0.05) is 26.7 Å². The molecule has 0 heterocycles. The van der Waals surface area contributed by atoms with E-state index in [1.165, 1.54) is 12.1 Å². The Morgan fingerprint density at radius 3 is 2.77 bits per heavy atom. The van der Waals surface area contributed by atoms with Gasteiger partial charge in [0.05, 0.1) is 12.0 Å². The molecule has 0 bridgehead atoms. The molecule has 122 valence electrons. The predicted octanol–water partition coefficient (Wildman–Crippen LogP) is 1.94. The van der Waals surface area contributed by atoms with Crippen LogP contribution in [-0.4, -0.2) is 51.2 Å². The summed E-state index contributed by atoms with van der Waals surface area (Å²) in [5, 5.41) is 3.01. The minimum atomic E-state index is -0.535. The molecule has 1 saturated carbocycles. The number of ether oxygens (including phenoxy) is 1. The first-order chi connectivity index (χ1) is 10.6. The van der Waals surface area contributed by atoms with Crippen LogP contribution in [0.2, 0.25) is 0 Å². The first kappa shape index (κ1) is 16.9. The summed E-state index contributed by atoms with van der Waals surface area (Å²) in [7, 11) is 3.67. The van der Waals surface area contributed by atoms with Crippen molar-refractivity contribution in [2.45, 2.75) is 24.7 Å². The van der Waals surface area contributed by atoms with Crippen molar-refractivity contribution >= 4 is 5.91 Å². The van der Waals surface area contributed by atoms with Crippen molar-refractivity contribution in [1.29, 1.82) is 0 Å². The first-order valence-corrected chi connectivity index (χ1v) is 7.80. The molecule has 0 saturated heterocycles. The number of nitrogens with zero attached hydrogens (tertiary/aromatic N) is 1. The molecule has 1 aromatic rings. The average molecular weight is 308 g/mol. The monoisotopic (exact) mass is 308 g/mol. The molecule has 1 aliphatic carbocycles. The van der Waals surface area contributed by atoms with E-state index >= 15 is 0 Å². The molecule has 0 spiro atoms. The van der Waals surface area contributed by atoms with Gasteiger partial charge in [-0.3, -0.25) is 4.79 Å². The summed E-state index contributed by atoms with van der Waals surface area (Å²) in [5.41, 5.74) is 0.261. The number of carbonyl (C=O) groups excluding carboxylic acids is 1. The van der Waals surface area contributed by atoms with E-state index in [9.17, 15) is 9.18 Å². The highest BCUT2D eigenvalue weighted by Gasteiger charge is 2.45. The van der Waals surface area contributed by atoms with Gasteiger partial charge in [0.2, 0.25) is 5.91 Å². The van der Waals surface area contributed by atoms with Crippen LogP contribution in [-0.2, 0) is 14.9 Å². The fourth-order valence-electron chi connectivity index (χ4n) is 2.85. The lowest BCUT2D eigenvalue weighted by Crippen LogP contribution is -2.50. The van der Waals surface area contributed by atoms with Crippen LogP contribution in [0, 0.1) is 5.82 Å².